The van der Waals surface area contributed by atoms with Crippen LogP contribution < -0.4 is 10.6 Å². The molecule has 0 saturated heterocycles. The normalized spacial score (nSPS) is 10.6. The quantitative estimate of drug-likeness (QED) is 0.299. The molecule has 0 aliphatic carbocycles. The van der Waals surface area contributed by atoms with E-state index in [9.17, 15) is 19.7 Å². The maximum absolute atomic E-state index is 12.1. The van der Waals surface area contributed by atoms with Gasteiger partial charge in [0.1, 0.15) is 0 Å². The van der Waals surface area contributed by atoms with Crippen molar-refractivity contribution in [2.75, 3.05) is 25.6 Å². The number of methoxy groups -OCH3 is 1. The highest BCUT2D eigenvalue weighted by Crippen LogP contribution is 2.14. The van der Waals surface area contributed by atoms with Crippen LogP contribution in [-0.4, -0.2) is 37.0 Å². The maximum Gasteiger partial charge on any atom is 0.269 e. The second kappa shape index (κ2) is 10.6. The molecule has 2 amide bonds. The summed E-state index contributed by atoms with van der Waals surface area (Å²) in [7, 11) is 1.60. The molecule has 0 unspecified atom stereocenters. The highest BCUT2D eigenvalue weighted by Gasteiger charge is 2.07. The summed E-state index contributed by atoms with van der Waals surface area (Å²) in [6.45, 7) is 1.07. The van der Waals surface area contributed by atoms with E-state index in [0.717, 1.165) is 0 Å². The Morgan fingerprint density at radius 2 is 1.93 bits per heavy atom. The fourth-order valence-electron chi connectivity index (χ4n) is 2.32. The number of benzene rings is 2. The van der Waals surface area contributed by atoms with E-state index in [0.29, 0.717) is 36.4 Å². The first kappa shape index (κ1) is 20.8. The zero-order valence-corrected chi connectivity index (χ0v) is 15.4. The van der Waals surface area contributed by atoms with E-state index >= 15 is 0 Å². The SMILES string of the molecule is COCCCNC(=O)c1cccc(NC(=O)/C=C/c2ccc([N+](=O)[O-])cc2)c1. The van der Waals surface area contributed by atoms with Crippen LogP contribution in [0.2, 0.25) is 0 Å². The molecule has 0 aliphatic rings. The Kier molecular flexibility index (Phi) is 7.86. The predicted octanol–water partition coefficient (Wildman–Crippen LogP) is 3.01. The van der Waals surface area contributed by atoms with Crippen molar-refractivity contribution in [3.63, 3.8) is 0 Å². The topological polar surface area (TPSA) is 111 Å². The molecule has 28 heavy (non-hydrogen) atoms. The Labute approximate surface area is 162 Å². The smallest absolute Gasteiger partial charge is 0.269 e. The van der Waals surface area contributed by atoms with Gasteiger partial charge in [0, 0.05) is 49.7 Å². The predicted molar refractivity (Wildman–Crippen MR) is 106 cm³/mol. The minimum atomic E-state index is -0.485. The summed E-state index contributed by atoms with van der Waals surface area (Å²) in [5.74, 6) is -0.607. The number of anilines is 1. The first-order chi connectivity index (χ1) is 13.5. The zero-order valence-electron chi connectivity index (χ0n) is 15.4. The molecule has 0 radical (unpaired) electrons. The summed E-state index contributed by atoms with van der Waals surface area (Å²) in [6.07, 6.45) is 3.58. The number of nitrogens with zero attached hydrogens (tertiary/aromatic N) is 1. The van der Waals surface area contributed by atoms with Gasteiger partial charge in [0.05, 0.1) is 4.92 Å². The number of ether oxygens (including phenoxy) is 1. The number of non-ortho nitro benzene ring substituents is 1. The molecule has 0 heterocycles. The van der Waals surface area contributed by atoms with E-state index in [1.807, 2.05) is 0 Å². The van der Waals surface area contributed by atoms with Gasteiger partial charge >= 0.3 is 0 Å². The number of carbonyl (C=O) groups excluding carboxylic acids is 2. The highest BCUT2D eigenvalue weighted by atomic mass is 16.6. The number of amides is 2. The molecule has 0 fully saturated rings. The fourth-order valence-corrected chi connectivity index (χ4v) is 2.32. The van der Waals surface area contributed by atoms with Crippen LogP contribution in [0.1, 0.15) is 22.3 Å². The molecule has 2 rings (SSSR count). The van der Waals surface area contributed by atoms with Crippen LogP contribution in [-0.2, 0) is 9.53 Å². The summed E-state index contributed by atoms with van der Waals surface area (Å²) in [5, 5.41) is 16.1. The molecular formula is C20H21N3O5. The van der Waals surface area contributed by atoms with Gasteiger partial charge in [-0.3, -0.25) is 19.7 Å². The van der Waals surface area contributed by atoms with Gasteiger partial charge in [-0.2, -0.15) is 0 Å². The molecule has 8 nitrogen and oxygen atoms in total. The number of nitrogens with one attached hydrogen (secondary N) is 2. The third-order valence-corrected chi connectivity index (χ3v) is 3.73. The molecule has 0 aliphatic heterocycles. The maximum atomic E-state index is 12.1. The molecule has 2 aromatic rings. The number of nitro groups is 1. The number of hydrogen-bond donors (Lipinski definition) is 2. The lowest BCUT2D eigenvalue weighted by Crippen LogP contribution is -2.25. The summed E-state index contributed by atoms with van der Waals surface area (Å²) < 4.78 is 4.93. The largest absolute Gasteiger partial charge is 0.385 e. The van der Waals surface area contributed by atoms with E-state index in [4.69, 9.17) is 4.74 Å². The van der Waals surface area contributed by atoms with E-state index in [1.54, 1.807) is 49.6 Å². The molecule has 0 aromatic heterocycles. The van der Waals surface area contributed by atoms with Gasteiger partial charge in [-0.05, 0) is 48.4 Å². The van der Waals surface area contributed by atoms with Crippen molar-refractivity contribution in [3.8, 4) is 0 Å². The number of rotatable bonds is 9. The molecule has 0 bridgehead atoms. The van der Waals surface area contributed by atoms with Crippen LogP contribution in [0.25, 0.3) is 6.08 Å². The van der Waals surface area contributed by atoms with Gasteiger partial charge in [-0.15, -0.1) is 0 Å². The lowest BCUT2D eigenvalue weighted by molar-refractivity contribution is -0.384. The van der Waals surface area contributed by atoms with Crippen molar-refractivity contribution in [3.05, 3.63) is 75.8 Å². The second-order valence-corrected chi connectivity index (χ2v) is 5.85. The Hall–Kier alpha value is -3.52. The Morgan fingerprint density at radius 3 is 2.61 bits per heavy atom. The lowest BCUT2D eigenvalue weighted by Gasteiger charge is -2.07. The molecule has 146 valence electrons. The van der Waals surface area contributed by atoms with Gasteiger partial charge in [-0.1, -0.05) is 6.07 Å². The van der Waals surface area contributed by atoms with Crippen molar-refractivity contribution in [2.24, 2.45) is 0 Å². The number of hydrogen-bond acceptors (Lipinski definition) is 5. The van der Waals surface area contributed by atoms with Crippen molar-refractivity contribution in [1.29, 1.82) is 0 Å². The summed E-state index contributed by atoms with van der Waals surface area (Å²) in [4.78, 5) is 34.3. The molecule has 0 atom stereocenters. The number of carbonyl (C=O) groups is 2. The first-order valence-corrected chi connectivity index (χ1v) is 8.60. The van der Waals surface area contributed by atoms with Gasteiger partial charge in [0.2, 0.25) is 5.91 Å². The second-order valence-electron chi connectivity index (χ2n) is 5.85. The highest BCUT2D eigenvalue weighted by molar-refractivity contribution is 6.03. The minimum Gasteiger partial charge on any atom is -0.385 e. The van der Waals surface area contributed by atoms with Gasteiger partial charge < -0.3 is 15.4 Å². The molecular weight excluding hydrogens is 362 g/mol. The van der Waals surface area contributed by atoms with E-state index in [2.05, 4.69) is 10.6 Å². The van der Waals surface area contributed by atoms with Gasteiger partial charge in [-0.25, -0.2) is 0 Å². The van der Waals surface area contributed by atoms with Crippen molar-refractivity contribution in [1.82, 2.24) is 5.32 Å². The van der Waals surface area contributed by atoms with Crippen LogP contribution in [0.4, 0.5) is 11.4 Å². The molecule has 2 N–H and O–H groups in total. The molecule has 0 spiro atoms. The Balaban J connectivity index is 1.92. The average molecular weight is 383 g/mol. The molecule has 2 aromatic carbocycles. The standard InChI is InChI=1S/C20H21N3O5/c1-28-13-3-12-21-20(25)16-4-2-5-17(14-16)22-19(24)11-8-15-6-9-18(10-7-15)23(26)27/h2,4-11,14H,3,12-13H2,1H3,(H,21,25)(H,22,24)/b11-8+. The summed E-state index contributed by atoms with van der Waals surface area (Å²) in [5.41, 5.74) is 1.57. The van der Waals surface area contributed by atoms with Crippen LogP contribution in [0.15, 0.2) is 54.6 Å². The third kappa shape index (κ3) is 6.65. The van der Waals surface area contributed by atoms with Crippen LogP contribution in [0.5, 0.6) is 0 Å². The summed E-state index contributed by atoms with van der Waals surface area (Å²) in [6, 6.07) is 12.4. The van der Waals surface area contributed by atoms with Gasteiger partial charge in [0.25, 0.3) is 11.6 Å². The Bertz CT molecular complexity index is 862. The van der Waals surface area contributed by atoms with E-state index < -0.39 is 4.92 Å². The van der Waals surface area contributed by atoms with Crippen molar-refractivity contribution < 1.29 is 19.2 Å². The lowest BCUT2D eigenvalue weighted by atomic mass is 10.1. The van der Waals surface area contributed by atoms with Crippen LogP contribution in [0.3, 0.4) is 0 Å². The third-order valence-electron chi connectivity index (χ3n) is 3.73. The van der Waals surface area contributed by atoms with E-state index in [1.165, 1.54) is 18.2 Å². The molecule has 8 heteroatoms. The number of nitro benzene ring substituents is 1. The fraction of sp³-hybridized carbons (Fsp3) is 0.200. The Morgan fingerprint density at radius 1 is 1.18 bits per heavy atom. The van der Waals surface area contributed by atoms with Crippen molar-refractivity contribution in [2.45, 2.75) is 6.42 Å². The zero-order chi connectivity index (χ0) is 20.4. The van der Waals surface area contributed by atoms with Crippen LogP contribution >= 0.6 is 0 Å². The molecule has 0 saturated carbocycles. The average Bonchev–Trinajstić information content (AvgIpc) is 2.70. The first-order valence-electron chi connectivity index (χ1n) is 8.60. The summed E-state index contributed by atoms with van der Waals surface area (Å²) >= 11 is 0. The monoisotopic (exact) mass is 383 g/mol. The van der Waals surface area contributed by atoms with E-state index in [-0.39, 0.29) is 17.5 Å². The van der Waals surface area contributed by atoms with Crippen molar-refractivity contribution >= 4 is 29.3 Å². The minimum absolute atomic E-state index is 0.0149. The van der Waals surface area contributed by atoms with Gasteiger partial charge in [0.15, 0.2) is 0 Å². The van der Waals surface area contributed by atoms with Crippen LogP contribution in [0, 0.1) is 10.1 Å².